The Kier molecular flexibility index (Phi) is 3.96. The fourth-order valence-corrected chi connectivity index (χ4v) is 3.83. The minimum atomic E-state index is -0.405. The van der Waals surface area contributed by atoms with Gasteiger partial charge in [0.1, 0.15) is 11.6 Å². The zero-order valence-electron chi connectivity index (χ0n) is 11.1. The molecule has 0 spiro atoms. The lowest BCUT2D eigenvalue weighted by atomic mass is 10.1. The summed E-state index contributed by atoms with van der Waals surface area (Å²) >= 11 is 1.61. The van der Waals surface area contributed by atoms with Crippen LogP contribution in [0.4, 0.5) is 8.78 Å². The van der Waals surface area contributed by atoms with Gasteiger partial charge in [0.25, 0.3) is 0 Å². The first-order chi connectivity index (χ1) is 9.65. The van der Waals surface area contributed by atoms with Gasteiger partial charge in [-0.25, -0.2) is 8.78 Å². The monoisotopic (exact) mass is 297 g/mol. The molecule has 108 valence electrons. The number of benzene rings is 1. The molecule has 1 atom stereocenters. The van der Waals surface area contributed by atoms with Gasteiger partial charge in [-0.15, -0.1) is 0 Å². The maximum absolute atomic E-state index is 13.8. The fraction of sp³-hybridized carbons (Fsp3) is 0.533. The van der Waals surface area contributed by atoms with E-state index in [0.29, 0.717) is 25.1 Å². The molecule has 0 aromatic heterocycles. The van der Waals surface area contributed by atoms with Gasteiger partial charge in [-0.3, -0.25) is 4.79 Å². The number of thioether (sulfide) groups is 1. The van der Waals surface area contributed by atoms with Crippen molar-refractivity contribution in [1.29, 1.82) is 0 Å². The van der Waals surface area contributed by atoms with Crippen molar-refractivity contribution in [3.8, 4) is 0 Å². The van der Waals surface area contributed by atoms with E-state index in [2.05, 4.69) is 0 Å². The second kappa shape index (κ2) is 5.72. The van der Waals surface area contributed by atoms with E-state index in [1.54, 1.807) is 11.8 Å². The van der Waals surface area contributed by atoms with Crippen LogP contribution in [0.2, 0.25) is 0 Å². The molecule has 1 saturated heterocycles. The van der Waals surface area contributed by atoms with E-state index in [-0.39, 0.29) is 22.9 Å². The smallest absolute Gasteiger partial charge is 0.225 e. The van der Waals surface area contributed by atoms with Crippen LogP contribution in [0.5, 0.6) is 0 Å². The lowest BCUT2D eigenvalue weighted by molar-refractivity contribution is -0.132. The second-order valence-corrected chi connectivity index (χ2v) is 6.72. The van der Waals surface area contributed by atoms with Crippen LogP contribution in [0.3, 0.4) is 0 Å². The summed E-state index contributed by atoms with van der Waals surface area (Å²) in [5.74, 6) is 0.482. The zero-order chi connectivity index (χ0) is 14.1. The molecule has 2 fully saturated rings. The van der Waals surface area contributed by atoms with Crippen LogP contribution in [-0.2, 0) is 4.79 Å². The third-order valence-corrected chi connectivity index (χ3v) is 5.19. The third-order valence-electron chi connectivity index (χ3n) is 3.88. The van der Waals surface area contributed by atoms with Crippen molar-refractivity contribution in [3.05, 3.63) is 35.4 Å². The number of halogens is 2. The predicted molar refractivity (Wildman–Crippen MR) is 75.5 cm³/mol. The van der Waals surface area contributed by atoms with Crippen LogP contribution in [0.15, 0.2) is 18.2 Å². The van der Waals surface area contributed by atoms with Gasteiger partial charge in [-0.1, -0.05) is 0 Å². The maximum Gasteiger partial charge on any atom is 0.225 e. The SMILES string of the molecule is O=C(C1CC1)N1CCS[C@@H](c2cc(F)ccc2F)CC1. The van der Waals surface area contributed by atoms with Crippen molar-refractivity contribution in [3.63, 3.8) is 0 Å². The first-order valence-electron chi connectivity index (χ1n) is 7.00. The number of amides is 1. The Morgan fingerprint density at radius 3 is 2.75 bits per heavy atom. The van der Waals surface area contributed by atoms with Crippen LogP contribution in [-0.4, -0.2) is 29.6 Å². The van der Waals surface area contributed by atoms with E-state index in [1.807, 2.05) is 4.90 Å². The standard InChI is InChI=1S/C15H17F2NOS/c16-11-3-4-13(17)12(9-11)14-5-6-18(7-8-20-14)15(19)10-1-2-10/h3-4,9-10,14H,1-2,5-8H2/t14-/m1/s1. The highest BCUT2D eigenvalue weighted by atomic mass is 32.2. The van der Waals surface area contributed by atoms with E-state index < -0.39 is 5.82 Å². The molecule has 0 radical (unpaired) electrons. The Labute approximate surface area is 121 Å². The van der Waals surface area contributed by atoms with Crippen molar-refractivity contribution in [2.75, 3.05) is 18.8 Å². The van der Waals surface area contributed by atoms with Crippen molar-refractivity contribution in [2.24, 2.45) is 5.92 Å². The molecule has 1 heterocycles. The summed E-state index contributed by atoms with van der Waals surface area (Å²) in [4.78, 5) is 14.0. The fourth-order valence-electron chi connectivity index (χ4n) is 2.59. The molecule has 1 aromatic carbocycles. The molecule has 3 rings (SSSR count). The summed E-state index contributed by atoms with van der Waals surface area (Å²) in [6, 6.07) is 3.61. The highest BCUT2D eigenvalue weighted by Crippen LogP contribution is 2.37. The lowest BCUT2D eigenvalue weighted by Gasteiger charge is -2.20. The average Bonchev–Trinajstić information content (AvgIpc) is 3.27. The second-order valence-electron chi connectivity index (χ2n) is 5.41. The summed E-state index contributed by atoms with van der Waals surface area (Å²) in [5.41, 5.74) is 0.427. The van der Waals surface area contributed by atoms with Gasteiger partial charge in [0.05, 0.1) is 0 Å². The first kappa shape index (κ1) is 13.9. The Bertz CT molecular complexity index is 519. The minimum absolute atomic E-state index is 0.0669. The molecule has 0 unspecified atom stereocenters. The van der Waals surface area contributed by atoms with Crippen molar-refractivity contribution in [1.82, 2.24) is 4.90 Å². The van der Waals surface area contributed by atoms with Crippen molar-refractivity contribution >= 4 is 17.7 Å². The summed E-state index contributed by atoms with van der Waals surface area (Å²) in [6.45, 7) is 1.36. The molecule has 2 aliphatic rings. The number of carbonyl (C=O) groups excluding carboxylic acids is 1. The van der Waals surface area contributed by atoms with Gasteiger partial charge in [0.2, 0.25) is 5.91 Å². The molecule has 1 aliphatic heterocycles. The van der Waals surface area contributed by atoms with Gasteiger partial charge in [-0.2, -0.15) is 11.8 Å². The van der Waals surface area contributed by atoms with Crippen LogP contribution in [0.1, 0.15) is 30.1 Å². The number of rotatable bonds is 2. The molecule has 20 heavy (non-hydrogen) atoms. The summed E-state index contributed by atoms with van der Waals surface area (Å²) in [5, 5.41) is -0.0669. The van der Waals surface area contributed by atoms with E-state index in [1.165, 1.54) is 12.1 Å². The Hall–Kier alpha value is -1.10. The van der Waals surface area contributed by atoms with Crippen molar-refractivity contribution < 1.29 is 13.6 Å². The van der Waals surface area contributed by atoms with Gasteiger partial charge in [-0.05, 0) is 37.5 Å². The molecule has 2 nitrogen and oxygen atoms in total. The Morgan fingerprint density at radius 2 is 2.00 bits per heavy atom. The minimum Gasteiger partial charge on any atom is -0.342 e. The summed E-state index contributed by atoms with van der Waals surface area (Å²) in [6.07, 6.45) is 2.69. The predicted octanol–water partition coefficient (Wildman–Crippen LogP) is 3.38. The number of hydrogen-bond donors (Lipinski definition) is 0. The molecule has 1 amide bonds. The average molecular weight is 297 g/mol. The van der Waals surface area contributed by atoms with Crippen LogP contribution >= 0.6 is 11.8 Å². The molecular formula is C15H17F2NOS. The lowest BCUT2D eigenvalue weighted by Crippen LogP contribution is -2.34. The molecule has 0 bridgehead atoms. The summed E-state index contributed by atoms with van der Waals surface area (Å²) < 4.78 is 27.1. The Balaban J connectivity index is 1.70. The van der Waals surface area contributed by atoms with E-state index in [0.717, 1.165) is 24.7 Å². The third kappa shape index (κ3) is 2.97. The van der Waals surface area contributed by atoms with Gasteiger partial charge in [0, 0.05) is 35.6 Å². The van der Waals surface area contributed by atoms with Gasteiger partial charge in [0.15, 0.2) is 0 Å². The Morgan fingerprint density at radius 1 is 1.20 bits per heavy atom. The van der Waals surface area contributed by atoms with Crippen LogP contribution in [0.25, 0.3) is 0 Å². The largest absolute Gasteiger partial charge is 0.342 e. The molecule has 5 heteroatoms. The van der Waals surface area contributed by atoms with Crippen LogP contribution < -0.4 is 0 Å². The molecule has 0 N–H and O–H groups in total. The van der Waals surface area contributed by atoms with E-state index >= 15 is 0 Å². The summed E-state index contributed by atoms with van der Waals surface area (Å²) in [7, 11) is 0. The van der Waals surface area contributed by atoms with Crippen molar-refractivity contribution in [2.45, 2.75) is 24.5 Å². The number of hydrogen-bond acceptors (Lipinski definition) is 2. The normalized spacial score (nSPS) is 23.5. The van der Waals surface area contributed by atoms with E-state index in [4.69, 9.17) is 0 Å². The molecule has 1 aromatic rings. The van der Waals surface area contributed by atoms with Crippen LogP contribution in [0, 0.1) is 17.6 Å². The number of carbonyl (C=O) groups is 1. The highest BCUT2D eigenvalue weighted by molar-refractivity contribution is 7.99. The van der Waals surface area contributed by atoms with Gasteiger partial charge < -0.3 is 4.90 Å². The number of nitrogens with zero attached hydrogens (tertiary/aromatic N) is 1. The molecule has 1 saturated carbocycles. The quantitative estimate of drug-likeness (QED) is 0.834. The first-order valence-corrected chi connectivity index (χ1v) is 8.05. The molecule has 1 aliphatic carbocycles. The highest BCUT2D eigenvalue weighted by Gasteiger charge is 2.34. The topological polar surface area (TPSA) is 20.3 Å². The van der Waals surface area contributed by atoms with Gasteiger partial charge >= 0.3 is 0 Å². The van der Waals surface area contributed by atoms with E-state index in [9.17, 15) is 13.6 Å². The molecular weight excluding hydrogens is 280 g/mol. The maximum atomic E-state index is 13.8. The zero-order valence-corrected chi connectivity index (χ0v) is 12.0.